The van der Waals surface area contributed by atoms with E-state index in [9.17, 15) is 9.59 Å². The Hall–Kier alpha value is -1.96. The summed E-state index contributed by atoms with van der Waals surface area (Å²) in [5.41, 5.74) is 9.46. The average Bonchev–Trinajstić information content (AvgIpc) is 2.65. The number of nitrogens with two attached hydrogens (primary N) is 2. The SMILES string of the molecule is CC(C)(ON=C(C=O)c1csc(N)n1)C(N)=O. The number of hydrogen-bond donors (Lipinski definition) is 2. The number of oxime groups is 1. The van der Waals surface area contributed by atoms with Crippen molar-refractivity contribution in [2.24, 2.45) is 10.9 Å². The van der Waals surface area contributed by atoms with Gasteiger partial charge in [0, 0.05) is 5.38 Å². The predicted octanol–water partition coefficient (Wildman–Crippen LogP) is -0.0912. The highest BCUT2D eigenvalue weighted by Crippen LogP contribution is 2.13. The van der Waals surface area contributed by atoms with E-state index in [-0.39, 0.29) is 5.71 Å². The van der Waals surface area contributed by atoms with Crippen molar-refractivity contribution < 1.29 is 14.4 Å². The number of aldehydes is 1. The summed E-state index contributed by atoms with van der Waals surface area (Å²) in [7, 11) is 0. The van der Waals surface area contributed by atoms with Crippen molar-refractivity contribution in [3.63, 3.8) is 0 Å². The van der Waals surface area contributed by atoms with Crippen LogP contribution in [0, 0.1) is 0 Å². The van der Waals surface area contributed by atoms with Crippen molar-refractivity contribution in [1.82, 2.24) is 4.98 Å². The molecule has 0 saturated carbocycles. The van der Waals surface area contributed by atoms with Gasteiger partial charge in [0.15, 0.2) is 17.1 Å². The fourth-order valence-electron chi connectivity index (χ4n) is 0.742. The molecule has 92 valence electrons. The molecule has 1 amide bonds. The topological polar surface area (TPSA) is 121 Å². The largest absolute Gasteiger partial charge is 0.379 e. The molecule has 0 bridgehead atoms. The van der Waals surface area contributed by atoms with Gasteiger partial charge in [0.2, 0.25) is 5.60 Å². The minimum Gasteiger partial charge on any atom is -0.379 e. The maximum atomic E-state index is 11.0. The summed E-state index contributed by atoms with van der Waals surface area (Å²) in [6.07, 6.45) is 0.464. The normalized spacial score (nSPS) is 12.2. The molecule has 0 atom stereocenters. The number of primary amides is 1. The lowest BCUT2D eigenvalue weighted by atomic mass is 10.1. The maximum absolute atomic E-state index is 11.0. The molecule has 17 heavy (non-hydrogen) atoms. The molecule has 0 aliphatic carbocycles. The Morgan fingerprint density at radius 2 is 2.29 bits per heavy atom. The summed E-state index contributed by atoms with van der Waals surface area (Å²) in [5, 5.41) is 5.42. The number of thiazole rings is 1. The molecular weight excluding hydrogens is 244 g/mol. The summed E-state index contributed by atoms with van der Waals surface area (Å²) < 4.78 is 0. The van der Waals surface area contributed by atoms with E-state index in [1.54, 1.807) is 5.38 Å². The van der Waals surface area contributed by atoms with E-state index in [0.29, 0.717) is 17.1 Å². The molecule has 0 saturated heterocycles. The molecule has 0 aliphatic rings. The number of rotatable bonds is 5. The number of nitrogen functional groups attached to an aromatic ring is 1. The zero-order valence-corrected chi connectivity index (χ0v) is 10.2. The van der Waals surface area contributed by atoms with E-state index in [1.165, 1.54) is 25.2 Å². The van der Waals surface area contributed by atoms with Crippen molar-refractivity contribution in [3.05, 3.63) is 11.1 Å². The highest BCUT2D eigenvalue weighted by molar-refractivity contribution is 7.13. The number of anilines is 1. The van der Waals surface area contributed by atoms with E-state index in [0.717, 1.165) is 0 Å². The molecular formula is C9H12N4O3S. The van der Waals surface area contributed by atoms with Crippen molar-refractivity contribution in [2.75, 3.05) is 5.73 Å². The number of aromatic nitrogens is 1. The maximum Gasteiger partial charge on any atom is 0.263 e. The van der Waals surface area contributed by atoms with Crippen LogP contribution in [0.25, 0.3) is 0 Å². The van der Waals surface area contributed by atoms with Crippen LogP contribution in [0.5, 0.6) is 0 Å². The lowest BCUT2D eigenvalue weighted by Crippen LogP contribution is -2.39. The Morgan fingerprint density at radius 1 is 1.65 bits per heavy atom. The third-order valence-corrected chi connectivity index (χ3v) is 2.54. The monoisotopic (exact) mass is 256 g/mol. The molecule has 1 aromatic rings. The van der Waals surface area contributed by atoms with Gasteiger partial charge in [-0.2, -0.15) is 0 Å². The number of carbonyl (C=O) groups is 2. The quantitative estimate of drug-likeness (QED) is 0.433. The summed E-state index contributed by atoms with van der Waals surface area (Å²) >= 11 is 1.17. The average molecular weight is 256 g/mol. The van der Waals surface area contributed by atoms with Gasteiger partial charge in [-0.05, 0) is 13.8 Å². The Kier molecular flexibility index (Phi) is 3.79. The second-order valence-corrected chi connectivity index (χ2v) is 4.52. The summed E-state index contributed by atoms with van der Waals surface area (Å²) in [6, 6.07) is 0. The number of carbonyl (C=O) groups excluding carboxylic acids is 2. The van der Waals surface area contributed by atoms with Gasteiger partial charge in [0.1, 0.15) is 5.69 Å². The van der Waals surface area contributed by atoms with Crippen molar-refractivity contribution in [1.29, 1.82) is 0 Å². The molecule has 1 rings (SSSR count). The number of nitrogens with zero attached hydrogens (tertiary/aromatic N) is 2. The molecule has 4 N–H and O–H groups in total. The van der Waals surface area contributed by atoms with Crippen LogP contribution in [-0.2, 0) is 14.4 Å². The zero-order chi connectivity index (χ0) is 13.1. The van der Waals surface area contributed by atoms with Gasteiger partial charge < -0.3 is 16.3 Å². The van der Waals surface area contributed by atoms with Gasteiger partial charge in [-0.3, -0.25) is 9.59 Å². The Bertz CT molecular complexity index is 467. The van der Waals surface area contributed by atoms with Crippen LogP contribution < -0.4 is 11.5 Å². The van der Waals surface area contributed by atoms with Gasteiger partial charge in [-0.1, -0.05) is 5.16 Å². The summed E-state index contributed by atoms with van der Waals surface area (Å²) in [4.78, 5) is 30.5. The van der Waals surface area contributed by atoms with Crippen molar-refractivity contribution in [3.8, 4) is 0 Å². The Labute approximate surface area is 101 Å². The zero-order valence-electron chi connectivity index (χ0n) is 9.34. The smallest absolute Gasteiger partial charge is 0.263 e. The third-order valence-electron chi connectivity index (χ3n) is 1.86. The lowest BCUT2D eigenvalue weighted by molar-refractivity contribution is -0.139. The third kappa shape index (κ3) is 3.25. The van der Waals surface area contributed by atoms with Crippen molar-refractivity contribution >= 4 is 34.4 Å². The first kappa shape index (κ1) is 13.1. The minimum atomic E-state index is -1.30. The van der Waals surface area contributed by atoms with Gasteiger partial charge in [0.05, 0.1) is 0 Å². The van der Waals surface area contributed by atoms with Crippen LogP contribution in [0.1, 0.15) is 19.5 Å². The van der Waals surface area contributed by atoms with Crippen LogP contribution in [0.2, 0.25) is 0 Å². The summed E-state index contributed by atoms with van der Waals surface area (Å²) in [5.74, 6) is -0.690. The first-order valence-corrected chi connectivity index (χ1v) is 5.47. The van der Waals surface area contributed by atoms with Crippen LogP contribution in [0.4, 0.5) is 5.13 Å². The molecule has 0 fully saturated rings. The van der Waals surface area contributed by atoms with E-state index in [2.05, 4.69) is 10.1 Å². The molecule has 0 unspecified atom stereocenters. The van der Waals surface area contributed by atoms with Crippen LogP contribution in [0.15, 0.2) is 10.5 Å². The highest BCUT2D eigenvalue weighted by Gasteiger charge is 2.27. The standard InChI is InChI=1S/C9H12N4O3S/c1-9(2,7(10)15)16-13-5(3-14)6-4-17-8(11)12-6/h3-4H,1-2H3,(H2,10,15)(H2,11,12). The number of hydrogen-bond acceptors (Lipinski definition) is 7. The second-order valence-electron chi connectivity index (χ2n) is 3.63. The highest BCUT2D eigenvalue weighted by atomic mass is 32.1. The van der Waals surface area contributed by atoms with E-state index in [4.69, 9.17) is 16.3 Å². The van der Waals surface area contributed by atoms with Crippen LogP contribution in [0.3, 0.4) is 0 Å². The molecule has 1 heterocycles. The van der Waals surface area contributed by atoms with Gasteiger partial charge in [-0.15, -0.1) is 11.3 Å². The van der Waals surface area contributed by atoms with E-state index < -0.39 is 11.5 Å². The first-order valence-electron chi connectivity index (χ1n) is 4.59. The Morgan fingerprint density at radius 3 is 2.71 bits per heavy atom. The fraction of sp³-hybridized carbons (Fsp3) is 0.333. The van der Waals surface area contributed by atoms with Crippen LogP contribution >= 0.6 is 11.3 Å². The van der Waals surface area contributed by atoms with Crippen LogP contribution in [-0.4, -0.2) is 28.5 Å². The molecule has 0 aliphatic heterocycles. The predicted molar refractivity (Wildman–Crippen MR) is 63.5 cm³/mol. The minimum absolute atomic E-state index is 0.0488. The Balaban J connectivity index is 2.89. The number of amides is 1. The molecule has 0 aromatic carbocycles. The van der Waals surface area contributed by atoms with E-state index >= 15 is 0 Å². The van der Waals surface area contributed by atoms with Gasteiger partial charge in [0.25, 0.3) is 5.91 Å². The van der Waals surface area contributed by atoms with E-state index in [1.807, 2.05) is 0 Å². The molecule has 1 aromatic heterocycles. The lowest BCUT2D eigenvalue weighted by Gasteiger charge is -2.17. The molecule has 7 nitrogen and oxygen atoms in total. The van der Waals surface area contributed by atoms with Gasteiger partial charge >= 0.3 is 0 Å². The molecule has 0 radical (unpaired) electrons. The summed E-state index contributed by atoms with van der Waals surface area (Å²) in [6.45, 7) is 2.88. The van der Waals surface area contributed by atoms with Gasteiger partial charge in [-0.25, -0.2) is 4.98 Å². The second kappa shape index (κ2) is 4.91. The molecule has 8 heteroatoms. The van der Waals surface area contributed by atoms with Crippen molar-refractivity contribution in [2.45, 2.75) is 19.4 Å². The first-order chi connectivity index (χ1) is 7.86. The molecule has 0 spiro atoms. The fourth-order valence-corrected chi connectivity index (χ4v) is 1.30.